The molecule has 2 aromatic carbocycles. The Bertz CT molecular complexity index is 1190. The molecule has 2 heterocycles. The number of pyridine rings is 1. The van der Waals surface area contributed by atoms with Crippen LogP contribution in [0.4, 0.5) is 5.69 Å². The third kappa shape index (κ3) is 5.23. The molecule has 4 aromatic rings. The molecule has 164 valence electrons. The highest BCUT2D eigenvalue weighted by molar-refractivity contribution is 7.98. The summed E-state index contributed by atoms with van der Waals surface area (Å²) in [6.45, 7) is 3.89. The fourth-order valence-corrected chi connectivity index (χ4v) is 3.98. The summed E-state index contributed by atoms with van der Waals surface area (Å²) < 4.78 is 13.1. The Morgan fingerprint density at radius 2 is 1.94 bits per heavy atom. The zero-order valence-corrected chi connectivity index (χ0v) is 19.1. The number of rotatable bonds is 8. The Balaban J connectivity index is 1.42. The molecule has 1 amide bonds. The molecular weight excluding hydrogens is 422 g/mol. The number of carbonyl (C=O) groups is 1. The summed E-state index contributed by atoms with van der Waals surface area (Å²) in [4.78, 5) is 18.5. The smallest absolute Gasteiger partial charge is 0.255 e. The summed E-state index contributed by atoms with van der Waals surface area (Å²) in [6.07, 6.45) is 4.02. The van der Waals surface area contributed by atoms with Crippen LogP contribution in [0, 0.1) is 0 Å². The van der Waals surface area contributed by atoms with Crippen LogP contribution in [0.25, 0.3) is 5.65 Å². The van der Waals surface area contributed by atoms with Gasteiger partial charge in [-0.1, -0.05) is 6.07 Å². The highest BCUT2D eigenvalue weighted by atomic mass is 32.2. The average molecular weight is 448 g/mol. The molecular formula is C25H25N3O3S. The van der Waals surface area contributed by atoms with Crippen molar-refractivity contribution < 1.29 is 14.3 Å². The lowest BCUT2D eigenvalue weighted by Gasteiger charge is -2.16. The van der Waals surface area contributed by atoms with Crippen molar-refractivity contribution in [2.24, 2.45) is 0 Å². The highest BCUT2D eigenvalue weighted by Crippen LogP contribution is 2.31. The number of anilines is 1. The second kappa shape index (κ2) is 9.78. The van der Waals surface area contributed by atoms with Gasteiger partial charge in [0.25, 0.3) is 5.91 Å². The van der Waals surface area contributed by atoms with Crippen LogP contribution in [0.3, 0.4) is 0 Å². The van der Waals surface area contributed by atoms with Crippen molar-refractivity contribution in [2.45, 2.75) is 30.6 Å². The number of nitrogens with one attached hydrogen (secondary N) is 1. The van der Waals surface area contributed by atoms with Crippen molar-refractivity contribution >= 4 is 29.0 Å². The fraction of sp³-hybridized carbons (Fsp3) is 0.200. The molecule has 0 saturated carbocycles. The Morgan fingerprint density at radius 3 is 2.66 bits per heavy atom. The van der Waals surface area contributed by atoms with E-state index in [0.717, 1.165) is 22.0 Å². The number of aromatic nitrogens is 2. The summed E-state index contributed by atoms with van der Waals surface area (Å²) in [5.41, 5.74) is 3.10. The normalized spacial score (nSPS) is 11.0. The van der Waals surface area contributed by atoms with Gasteiger partial charge in [0.2, 0.25) is 0 Å². The van der Waals surface area contributed by atoms with Crippen molar-refractivity contribution in [2.75, 3.05) is 12.4 Å². The molecule has 0 aliphatic rings. The van der Waals surface area contributed by atoms with E-state index in [9.17, 15) is 4.79 Å². The van der Waals surface area contributed by atoms with Crippen molar-refractivity contribution in [3.8, 4) is 11.5 Å². The zero-order valence-electron chi connectivity index (χ0n) is 18.2. The van der Waals surface area contributed by atoms with E-state index in [2.05, 4.69) is 10.3 Å². The van der Waals surface area contributed by atoms with E-state index < -0.39 is 0 Å². The molecule has 4 rings (SSSR count). The largest absolute Gasteiger partial charge is 0.497 e. The van der Waals surface area contributed by atoms with Crippen LogP contribution in [0.1, 0.15) is 29.9 Å². The molecule has 0 aliphatic heterocycles. The third-order valence-corrected chi connectivity index (χ3v) is 5.76. The van der Waals surface area contributed by atoms with E-state index in [4.69, 9.17) is 9.47 Å². The number of carbonyl (C=O) groups excluding carboxylic acids is 1. The highest BCUT2D eigenvalue weighted by Gasteiger charge is 2.13. The molecule has 7 heteroatoms. The van der Waals surface area contributed by atoms with Crippen molar-refractivity contribution in [1.29, 1.82) is 0 Å². The number of hydrogen-bond acceptors (Lipinski definition) is 5. The van der Waals surface area contributed by atoms with E-state index in [-0.39, 0.29) is 12.0 Å². The van der Waals surface area contributed by atoms with Crippen LogP contribution >= 0.6 is 11.8 Å². The number of benzene rings is 2. The predicted octanol–water partition coefficient (Wildman–Crippen LogP) is 5.67. The first-order chi connectivity index (χ1) is 15.5. The van der Waals surface area contributed by atoms with Gasteiger partial charge in [-0.05, 0) is 62.4 Å². The van der Waals surface area contributed by atoms with Crippen molar-refractivity contribution in [1.82, 2.24) is 9.38 Å². The number of nitrogens with zero attached hydrogens (tertiary/aromatic N) is 2. The van der Waals surface area contributed by atoms with Gasteiger partial charge in [-0.3, -0.25) is 4.79 Å². The predicted molar refractivity (Wildman–Crippen MR) is 128 cm³/mol. The maximum absolute atomic E-state index is 12.8. The van der Waals surface area contributed by atoms with E-state index in [0.29, 0.717) is 22.7 Å². The van der Waals surface area contributed by atoms with Crippen LogP contribution < -0.4 is 14.8 Å². The van der Waals surface area contributed by atoms with Gasteiger partial charge in [0.15, 0.2) is 0 Å². The molecule has 0 spiro atoms. The standard InChI is InChI=1S/C25H25N3O3S/c1-17(2)31-23-12-9-20(30-3)14-22(23)27-25(29)18-7-10-21(11-8-18)32-16-19-15-28-13-5-4-6-24(28)26-19/h4-15,17H,16H2,1-3H3,(H,27,29). The van der Waals surface area contributed by atoms with E-state index in [1.807, 2.05) is 79.2 Å². The molecule has 0 unspecified atom stereocenters. The van der Waals surface area contributed by atoms with Gasteiger partial charge in [-0.15, -0.1) is 11.8 Å². The minimum Gasteiger partial charge on any atom is -0.497 e. The van der Waals surface area contributed by atoms with Crippen LogP contribution in [0.15, 0.2) is 78.0 Å². The summed E-state index contributed by atoms with van der Waals surface area (Å²) in [5, 5.41) is 2.94. The minimum absolute atomic E-state index is 0.0109. The number of methoxy groups -OCH3 is 1. The maximum Gasteiger partial charge on any atom is 0.255 e. The van der Waals surface area contributed by atoms with E-state index in [1.165, 1.54) is 0 Å². The van der Waals surface area contributed by atoms with Gasteiger partial charge in [-0.25, -0.2) is 4.98 Å². The number of thioether (sulfide) groups is 1. The van der Waals surface area contributed by atoms with Gasteiger partial charge < -0.3 is 19.2 Å². The quantitative estimate of drug-likeness (QED) is 0.352. The first-order valence-corrected chi connectivity index (χ1v) is 11.3. The number of imidazole rings is 1. The number of amides is 1. The summed E-state index contributed by atoms with van der Waals surface area (Å²) in [5.74, 6) is 1.81. The lowest BCUT2D eigenvalue weighted by Crippen LogP contribution is -2.14. The van der Waals surface area contributed by atoms with Crippen LogP contribution in [0.2, 0.25) is 0 Å². The molecule has 0 fully saturated rings. The van der Waals surface area contributed by atoms with Gasteiger partial charge in [0.05, 0.1) is 24.6 Å². The molecule has 0 bridgehead atoms. The second-order valence-corrected chi connectivity index (χ2v) is 8.54. The first kappa shape index (κ1) is 21.8. The molecule has 6 nitrogen and oxygen atoms in total. The van der Waals surface area contributed by atoms with Crippen LogP contribution in [-0.2, 0) is 5.75 Å². The average Bonchev–Trinajstić information content (AvgIpc) is 3.22. The maximum atomic E-state index is 12.8. The Hall–Kier alpha value is -3.45. The first-order valence-electron chi connectivity index (χ1n) is 10.3. The topological polar surface area (TPSA) is 64.9 Å². The van der Waals surface area contributed by atoms with Crippen molar-refractivity contribution in [3.63, 3.8) is 0 Å². The van der Waals surface area contributed by atoms with Crippen molar-refractivity contribution in [3.05, 3.63) is 84.3 Å². The Kier molecular flexibility index (Phi) is 6.66. The van der Waals surface area contributed by atoms with Gasteiger partial charge in [0.1, 0.15) is 17.1 Å². The molecule has 0 atom stereocenters. The van der Waals surface area contributed by atoms with Gasteiger partial charge in [0, 0.05) is 34.7 Å². The van der Waals surface area contributed by atoms with E-state index >= 15 is 0 Å². The third-order valence-electron chi connectivity index (χ3n) is 4.71. The molecule has 0 radical (unpaired) electrons. The number of fused-ring (bicyclic) bond motifs is 1. The lowest BCUT2D eigenvalue weighted by atomic mass is 10.2. The van der Waals surface area contributed by atoms with Gasteiger partial charge >= 0.3 is 0 Å². The SMILES string of the molecule is COc1ccc(OC(C)C)c(NC(=O)c2ccc(SCc3cn4ccccc4n3)cc2)c1. The lowest BCUT2D eigenvalue weighted by molar-refractivity contribution is 0.102. The monoisotopic (exact) mass is 447 g/mol. The molecule has 2 aromatic heterocycles. The van der Waals surface area contributed by atoms with Gasteiger partial charge in [-0.2, -0.15) is 0 Å². The second-order valence-electron chi connectivity index (χ2n) is 7.49. The minimum atomic E-state index is -0.205. The molecule has 0 aliphatic carbocycles. The fourth-order valence-electron chi connectivity index (χ4n) is 3.20. The Labute approximate surface area is 191 Å². The molecule has 1 N–H and O–H groups in total. The molecule has 0 saturated heterocycles. The Morgan fingerprint density at radius 1 is 1.12 bits per heavy atom. The summed E-state index contributed by atoms with van der Waals surface area (Å²) >= 11 is 1.68. The number of hydrogen-bond donors (Lipinski definition) is 1. The summed E-state index contributed by atoms with van der Waals surface area (Å²) in [6, 6.07) is 18.9. The van der Waals surface area contributed by atoms with E-state index in [1.54, 1.807) is 31.0 Å². The summed E-state index contributed by atoms with van der Waals surface area (Å²) in [7, 11) is 1.59. The number of ether oxygens (including phenoxy) is 2. The van der Waals surface area contributed by atoms with Crippen LogP contribution in [0.5, 0.6) is 11.5 Å². The molecule has 32 heavy (non-hydrogen) atoms. The zero-order chi connectivity index (χ0) is 22.5. The van der Waals surface area contributed by atoms with Crippen LogP contribution in [-0.4, -0.2) is 28.5 Å².